The van der Waals surface area contributed by atoms with Crippen molar-refractivity contribution in [2.75, 3.05) is 0 Å². The van der Waals surface area contributed by atoms with Crippen molar-refractivity contribution in [3.05, 3.63) is 52.4 Å². The molecule has 0 spiro atoms. The first-order valence-corrected chi connectivity index (χ1v) is 12.1. The third-order valence-corrected chi connectivity index (χ3v) is 7.45. The van der Waals surface area contributed by atoms with Gasteiger partial charge in [0, 0.05) is 11.6 Å². The SMILES string of the molecule is CCCCCc1ccc(C#Cc2ccc(S(=O)(=O)N[C@@H](CC)CC(=O)O)s2)cc1. The van der Waals surface area contributed by atoms with Gasteiger partial charge in [0.05, 0.1) is 11.3 Å². The monoisotopic (exact) mass is 433 g/mol. The number of carboxylic acid groups (broad SMARTS) is 1. The molecule has 0 aliphatic rings. The highest BCUT2D eigenvalue weighted by Crippen LogP contribution is 2.22. The number of sulfonamides is 1. The molecule has 0 saturated carbocycles. The summed E-state index contributed by atoms with van der Waals surface area (Å²) in [6.45, 7) is 3.94. The molecule has 0 amide bonds. The molecule has 2 rings (SSSR count). The van der Waals surface area contributed by atoms with E-state index in [-0.39, 0.29) is 10.6 Å². The van der Waals surface area contributed by atoms with Gasteiger partial charge in [0.15, 0.2) is 0 Å². The van der Waals surface area contributed by atoms with Crippen molar-refractivity contribution < 1.29 is 18.3 Å². The third kappa shape index (κ3) is 7.65. The maximum absolute atomic E-state index is 12.5. The Balaban J connectivity index is 2.04. The fourth-order valence-electron chi connectivity index (χ4n) is 2.76. The number of thiophene rings is 1. The number of aryl methyl sites for hydroxylation is 1. The lowest BCUT2D eigenvalue weighted by Gasteiger charge is -2.13. The number of hydrogen-bond acceptors (Lipinski definition) is 4. The van der Waals surface area contributed by atoms with Gasteiger partial charge < -0.3 is 5.11 Å². The van der Waals surface area contributed by atoms with Crippen LogP contribution in [0.5, 0.6) is 0 Å². The average Bonchev–Trinajstić information content (AvgIpc) is 3.16. The molecule has 0 bridgehead atoms. The van der Waals surface area contributed by atoms with Crippen molar-refractivity contribution in [3.63, 3.8) is 0 Å². The molecule has 0 fully saturated rings. The summed E-state index contributed by atoms with van der Waals surface area (Å²) in [6, 6.07) is 10.7. The quantitative estimate of drug-likeness (QED) is 0.429. The molecule has 29 heavy (non-hydrogen) atoms. The van der Waals surface area contributed by atoms with Gasteiger partial charge in [-0.1, -0.05) is 50.7 Å². The van der Waals surface area contributed by atoms with E-state index in [2.05, 4.69) is 35.6 Å². The molecule has 1 atom stereocenters. The Labute approximate surface area is 177 Å². The molecular formula is C22H27NO4S2. The number of benzene rings is 1. The van der Waals surface area contributed by atoms with Crippen molar-refractivity contribution >= 4 is 27.3 Å². The summed E-state index contributed by atoms with van der Waals surface area (Å²) in [7, 11) is -3.76. The maximum Gasteiger partial charge on any atom is 0.304 e. The van der Waals surface area contributed by atoms with Gasteiger partial charge in [0.1, 0.15) is 4.21 Å². The standard InChI is InChI=1S/C22H27NO4S2/c1-3-5-6-7-17-8-10-18(11-9-17)12-13-20-14-15-22(28-20)29(26,27)23-19(4-2)16-21(24)25/h8-11,14-15,19,23H,3-7,16H2,1-2H3,(H,24,25)/t19-/m0/s1. The second kappa shape index (κ2) is 11.1. The first kappa shape index (κ1) is 23.1. The van der Waals surface area contributed by atoms with Crippen molar-refractivity contribution in [3.8, 4) is 11.8 Å². The van der Waals surface area contributed by atoms with E-state index in [1.54, 1.807) is 13.0 Å². The Morgan fingerprint density at radius 1 is 1.10 bits per heavy atom. The summed E-state index contributed by atoms with van der Waals surface area (Å²) in [5, 5.41) is 8.89. The van der Waals surface area contributed by atoms with Gasteiger partial charge in [-0.3, -0.25) is 4.79 Å². The minimum atomic E-state index is -3.76. The lowest BCUT2D eigenvalue weighted by Crippen LogP contribution is -2.35. The normalized spacial score (nSPS) is 12.2. The van der Waals surface area contributed by atoms with Crippen molar-refractivity contribution in [1.29, 1.82) is 0 Å². The Hall–Kier alpha value is -2.14. The van der Waals surface area contributed by atoms with E-state index >= 15 is 0 Å². The van der Waals surface area contributed by atoms with Gasteiger partial charge in [0.25, 0.3) is 0 Å². The van der Waals surface area contributed by atoms with E-state index in [0.717, 1.165) is 23.3 Å². The molecule has 2 aromatic rings. The minimum Gasteiger partial charge on any atom is -0.481 e. The van der Waals surface area contributed by atoms with Gasteiger partial charge >= 0.3 is 5.97 Å². The molecule has 5 nitrogen and oxygen atoms in total. The largest absolute Gasteiger partial charge is 0.481 e. The molecule has 0 aliphatic heterocycles. The molecular weight excluding hydrogens is 406 g/mol. The van der Waals surface area contributed by atoms with Crippen molar-refractivity contribution in [1.82, 2.24) is 4.72 Å². The average molecular weight is 434 g/mol. The van der Waals surface area contributed by atoms with Crippen LogP contribution in [-0.4, -0.2) is 25.5 Å². The maximum atomic E-state index is 12.5. The zero-order chi connectivity index (χ0) is 21.3. The van der Waals surface area contributed by atoms with Gasteiger partial charge in [-0.05, 0) is 49.1 Å². The Kier molecular flexibility index (Phi) is 8.90. The number of carbonyl (C=O) groups is 1. The van der Waals surface area contributed by atoms with Crippen LogP contribution in [0.4, 0.5) is 0 Å². The lowest BCUT2D eigenvalue weighted by molar-refractivity contribution is -0.137. The second-order valence-corrected chi connectivity index (χ2v) is 9.87. The minimum absolute atomic E-state index is 0.136. The first-order valence-electron chi connectivity index (χ1n) is 9.79. The molecule has 2 N–H and O–H groups in total. The fourth-order valence-corrected chi connectivity index (χ4v) is 5.25. The van der Waals surface area contributed by atoms with Gasteiger partial charge in [-0.15, -0.1) is 11.3 Å². The summed E-state index contributed by atoms with van der Waals surface area (Å²) in [5.41, 5.74) is 2.18. The molecule has 0 aliphatic carbocycles. The van der Waals surface area contributed by atoms with E-state index in [1.807, 2.05) is 12.1 Å². The summed E-state index contributed by atoms with van der Waals surface area (Å²) in [6.07, 6.45) is 4.85. The van der Waals surface area contributed by atoms with Gasteiger partial charge in [-0.25, -0.2) is 13.1 Å². The van der Waals surface area contributed by atoms with E-state index in [1.165, 1.54) is 30.9 Å². The Morgan fingerprint density at radius 2 is 1.83 bits per heavy atom. The third-order valence-electron chi connectivity index (χ3n) is 4.43. The number of aliphatic carboxylic acids is 1. The van der Waals surface area contributed by atoms with E-state index in [0.29, 0.717) is 11.3 Å². The summed E-state index contributed by atoms with van der Waals surface area (Å²) in [5.74, 6) is 5.04. The summed E-state index contributed by atoms with van der Waals surface area (Å²) in [4.78, 5) is 11.5. The van der Waals surface area contributed by atoms with Crippen LogP contribution in [-0.2, 0) is 21.2 Å². The Morgan fingerprint density at radius 3 is 2.45 bits per heavy atom. The van der Waals surface area contributed by atoms with Crippen LogP contribution in [0, 0.1) is 11.8 Å². The van der Waals surface area contributed by atoms with Crippen LogP contribution in [0.25, 0.3) is 0 Å². The number of unbranched alkanes of at least 4 members (excludes halogenated alkanes) is 2. The molecule has 0 saturated heterocycles. The molecule has 0 unspecified atom stereocenters. The molecule has 1 aromatic carbocycles. The topological polar surface area (TPSA) is 83.5 Å². The molecule has 7 heteroatoms. The van der Waals surface area contributed by atoms with Crippen molar-refractivity contribution in [2.24, 2.45) is 0 Å². The number of rotatable bonds is 10. The van der Waals surface area contributed by atoms with Crippen LogP contribution in [0.2, 0.25) is 0 Å². The van der Waals surface area contributed by atoms with E-state index in [4.69, 9.17) is 5.11 Å². The molecule has 1 heterocycles. The van der Waals surface area contributed by atoms with Crippen LogP contribution < -0.4 is 4.72 Å². The van der Waals surface area contributed by atoms with E-state index < -0.39 is 22.0 Å². The van der Waals surface area contributed by atoms with Gasteiger partial charge in [-0.2, -0.15) is 0 Å². The molecule has 0 radical (unpaired) electrons. The molecule has 1 aromatic heterocycles. The number of nitrogens with one attached hydrogen (secondary N) is 1. The van der Waals surface area contributed by atoms with Crippen LogP contribution >= 0.6 is 11.3 Å². The first-order chi connectivity index (χ1) is 13.8. The van der Waals surface area contributed by atoms with E-state index in [9.17, 15) is 13.2 Å². The smallest absolute Gasteiger partial charge is 0.304 e. The molecule has 156 valence electrons. The fraction of sp³-hybridized carbons (Fsp3) is 0.409. The van der Waals surface area contributed by atoms with Gasteiger partial charge in [0.2, 0.25) is 10.0 Å². The summed E-state index contributed by atoms with van der Waals surface area (Å²) >= 11 is 1.08. The zero-order valence-corrected chi connectivity index (χ0v) is 18.4. The van der Waals surface area contributed by atoms with Crippen molar-refractivity contribution in [2.45, 2.75) is 62.6 Å². The predicted octanol–water partition coefficient (Wildman–Crippen LogP) is 4.41. The Bertz CT molecular complexity index is 966. The highest BCUT2D eigenvalue weighted by molar-refractivity contribution is 7.91. The summed E-state index contributed by atoms with van der Waals surface area (Å²) < 4.78 is 27.5. The highest BCUT2D eigenvalue weighted by atomic mass is 32.2. The second-order valence-electron chi connectivity index (χ2n) is 6.85. The lowest BCUT2D eigenvalue weighted by atomic mass is 10.1. The van der Waals surface area contributed by atoms with Crippen LogP contribution in [0.1, 0.15) is 62.0 Å². The highest BCUT2D eigenvalue weighted by Gasteiger charge is 2.22. The van der Waals surface area contributed by atoms with Crippen LogP contribution in [0.15, 0.2) is 40.6 Å². The van der Waals surface area contributed by atoms with Crippen LogP contribution in [0.3, 0.4) is 0 Å². The zero-order valence-electron chi connectivity index (χ0n) is 16.8. The number of hydrogen-bond donors (Lipinski definition) is 2. The number of carboxylic acids is 1. The predicted molar refractivity (Wildman–Crippen MR) is 117 cm³/mol.